The smallest absolute Gasteiger partial charge is 0.152 e. The van der Waals surface area contributed by atoms with E-state index in [4.69, 9.17) is 20.2 Å². The summed E-state index contributed by atoms with van der Waals surface area (Å²) in [5, 5.41) is 1.04. The van der Waals surface area contributed by atoms with E-state index < -0.39 is 0 Å². The Labute approximate surface area is 135 Å². The largest absolute Gasteiger partial charge is 0.497 e. The molecule has 2 N–H and O–H groups in total. The van der Waals surface area contributed by atoms with Crippen molar-refractivity contribution in [1.82, 2.24) is 14.5 Å². The lowest BCUT2D eigenvalue weighted by atomic mass is 10.1. The Morgan fingerprint density at radius 1 is 1.22 bits per heavy atom. The number of hydrogen-bond acceptors (Lipinski definition) is 5. The van der Waals surface area contributed by atoms with Gasteiger partial charge in [-0.15, -0.1) is 0 Å². The molecule has 0 unspecified atom stereocenters. The first-order chi connectivity index (χ1) is 11.2. The van der Waals surface area contributed by atoms with Crippen LogP contribution < -0.4 is 10.5 Å². The van der Waals surface area contributed by atoms with Gasteiger partial charge in [0.2, 0.25) is 0 Å². The van der Waals surface area contributed by atoms with Crippen LogP contribution in [0.1, 0.15) is 19.2 Å². The lowest BCUT2D eigenvalue weighted by Gasteiger charge is -2.10. The number of nitrogens with zero attached hydrogens (tertiary/aromatic N) is 3. The minimum atomic E-state index is 0.453. The van der Waals surface area contributed by atoms with Crippen LogP contribution in [0.4, 0.5) is 5.82 Å². The third-order valence-corrected chi connectivity index (χ3v) is 3.97. The summed E-state index contributed by atoms with van der Waals surface area (Å²) in [6, 6.07) is 5.87. The number of fused-ring (bicyclic) bond motifs is 3. The quantitative estimate of drug-likeness (QED) is 0.757. The molecule has 6 heteroatoms. The first-order valence-corrected chi connectivity index (χ1v) is 7.80. The SMILES string of the molecule is CCCn1c(CCOC)nc2c(N)nc3cc(OC)ccc3c21. The van der Waals surface area contributed by atoms with E-state index in [0.717, 1.165) is 52.9 Å². The Hall–Kier alpha value is -2.34. The summed E-state index contributed by atoms with van der Waals surface area (Å²) in [5.41, 5.74) is 8.80. The van der Waals surface area contributed by atoms with Crippen molar-refractivity contribution in [3.05, 3.63) is 24.0 Å². The summed E-state index contributed by atoms with van der Waals surface area (Å²) in [5.74, 6) is 2.21. The van der Waals surface area contributed by atoms with E-state index in [2.05, 4.69) is 16.5 Å². The van der Waals surface area contributed by atoms with E-state index in [0.29, 0.717) is 12.4 Å². The summed E-state index contributed by atoms with van der Waals surface area (Å²) in [6.45, 7) is 3.67. The van der Waals surface area contributed by atoms with Crippen LogP contribution in [-0.4, -0.2) is 35.4 Å². The number of nitrogen functional groups attached to an aromatic ring is 1. The average molecular weight is 314 g/mol. The molecule has 0 spiro atoms. The number of anilines is 1. The summed E-state index contributed by atoms with van der Waals surface area (Å²) in [4.78, 5) is 9.22. The van der Waals surface area contributed by atoms with Gasteiger partial charge in [-0.05, 0) is 18.6 Å². The maximum absolute atomic E-state index is 6.16. The van der Waals surface area contributed by atoms with E-state index in [-0.39, 0.29) is 0 Å². The molecular formula is C17H22N4O2. The van der Waals surface area contributed by atoms with Crippen molar-refractivity contribution in [3.63, 3.8) is 0 Å². The molecule has 6 nitrogen and oxygen atoms in total. The van der Waals surface area contributed by atoms with E-state index in [1.165, 1.54) is 0 Å². The van der Waals surface area contributed by atoms with Crippen molar-refractivity contribution < 1.29 is 9.47 Å². The predicted octanol–water partition coefficient (Wildman–Crippen LogP) is 2.77. The van der Waals surface area contributed by atoms with E-state index >= 15 is 0 Å². The summed E-state index contributed by atoms with van der Waals surface area (Å²) < 4.78 is 12.7. The van der Waals surface area contributed by atoms with Gasteiger partial charge in [-0.1, -0.05) is 6.92 Å². The first-order valence-electron chi connectivity index (χ1n) is 7.80. The zero-order valence-electron chi connectivity index (χ0n) is 13.8. The molecule has 0 saturated carbocycles. The molecule has 23 heavy (non-hydrogen) atoms. The Morgan fingerprint density at radius 3 is 2.74 bits per heavy atom. The Bertz CT molecular complexity index is 842. The summed E-state index contributed by atoms with van der Waals surface area (Å²) in [7, 11) is 3.34. The number of pyridine rings is 1. The van der Waals surface area contributed by atoms with Crippen LogP contribution in [0.3, 0.4) is 0 Å². The molecular weight excluding hydrogens is 292 g/mol. The molecule has 3 aromatic rings. The van der Waals surface area contributed by atoms with Crippen LogP contribution in [0.5, 0.6) is 5.75 Å². The third kappa shape index (κ3) is 2.70. The van der Waals surface area contributed by atoms with Crippen molar-refractivity contribution in [2.24, 2.45) is 0 Å². The second-order valence-electron chi connectivity index (χ2n) is 5.50. The Morgan fingerprint density at radius 2 is 2.04 bits per heavy atom. The zero-order chi connectivity index (χ0) is 16.4. The normalized spacial score (nSPS) is 11.4. The Balaban J connectivity index is 2.31. The number of aryl methyl sites for hydroxylation is 1. The molecule has 1 aromatic carbocycles. The van der Waals surface area contributed by atoms with Crippen molar-refractivity contribution in [2.45, 2.75) is 26.3 Å². The second kappa shape index (κ2) is 6.42. The molecule has 0 aliphatic heterocycles. The zero-order valence-corrected chi connectivity index (χ0v) is 13.8. The number of methoxy groups -OCH3 is 2. The van der Waals surface area contributed by atoms with Gasteiger partial charge in [-0.2, -0.15) is 0 Å². The van der Waals surface area contributed by atoms with Crippen LogP contribution in [-0.2, 0) is 17.7 Å². The van der Waals surface area contributed by atoms with Gasteiger partial charge in [0.05, 0.1) is 24.8 Å². The van der Waals surface area contributed by atoms with Gasteiger partial charge in [0.15, 0.2) is 5.82 Å². The molecule has 0 bridgehead atoms. The molecule has 0 aliphatic carbocycles. The number of rotatable bonds is 6. The molecule has 3 rings (SSSR count). The highest BCUT2D eigenvalue weighted by atomic mass is 16.5. The third-order valence-electron chi connectivity index (χ3n) is 3.97. The van der Waals surface area contributed by atoms with Crippen LogP contribution in [0.15, 0.2) is 18.2 Å². The van der Waals surface area contributed by atoms with E-state index in [9.17, 15) is 0 Å². The first kappa shape index (κ1) is 15.6. The maximum Gasteiger partial charge on any atom is 0.152 e. The molecule has 0 fully saturated rings. The monoisotopic (exact) mass is 314 g/mol. The fourth-order valence-electron chi connectivity index (χ4n) is 2.91. The molecule has 0 radical (unpaired) electrons. The van der Waals surface area contributed by atoms with Crippen LogP contribution in [0.2, 0.25) is 0 Å². The number of nitrogens with two attached hydrogens (primary N) is 1. The lowest BCUT2D eigenvalue weighted by molar-refractivity contribution is 0.199. The van der Waals surface area contributed by atoms with Crippen LogP contribution >= 0.6 is 0 Å². The van der Waals surface area contributed by atoms with Gasteiger partial charge in [0.1, 0.15) is 17.1 Å². The van der Waals surface area contributed by atoms with Crippen molar-refractivity contribution in [2.75, 3.05) is 26.6 Å². The molecule has 0 aliphatic rings. The Kier molecular flexibility index (Phi) is 4.34. The highest BCUT2D eigenvalue weighted by Crippen LogP contribution is 2.31. The molecule has 0 amide bonds. The standard InChI is InChI=1S/C17H22N4O2/c1-4-8-21-14(7-9-22-2)20-15-16(21)12-6-5-11(23-3)10-13(12)19-17(15)18/h5-6,10H,4,7-9H2,1-3H3,(H2,18,19). The fourth-order valence-corrected chi connectivity index (χ4v) is 2.91. The second-order valence-corrected chi connectivity index (χ2v) is 5.50. The van der Waals surface area contributed by atoms with Gasteiger partial charge in [-0.3, -0.25) is 0 Å². The fraction of sp³-hybridized carbons (Fsp3) is 0.412. The summed E-state index contributed by atoms with van der Waals surface area (Å²) >= 11 is 0. The number of imidazole rings is 1. The summed E-state index contributed by atoms with van der Waals surface area (Å²) in [6.07, 6.45) is 1.77. The van der Waals surface area contributed by atoms with Gasteiger partial charge >= 0.3 is 0 Å². The topological polar surface area (TPSA) is 75.2 Å². The van der Waals surface area contributed by atoms with E-state index in [1.807, 2.05) is 18.2 Å². The van der Waals surface area contributed by atoms with Crippen molar-refractivity contribution in [1.29, 1.82) is 0 Å². The van der Waals surface area contributed by atoms with E-state index in [1.54, 1.807) is 14.2 Å². The molecule has 2 heterocycles. The molecule has 122 valence electrons. The minimum Gasteiger partial charge on any atom is -0.497 e. The number of ether oxygens (including phenoxy) is 2. The molecule has 0 atom stereocenters. The number of hydrogen-bond donors (Lipinski definition) is 1. The van der Waals surface area contributed by atoms with Gasteiger partial charge < -0.3 is 19.8 Å². The van der Waals surface area contributed by atoms with Crippen molar-refractivity contribution >= 4 is 27.8 Å². The minimum absolute atomic E-state index is 0.453. The van der Waals surface area contributed by atoms with Gasteiger partial charge in [0.25, 0.3) is 0 Å². The predicted molar refractivity (Wildman–Crippen MR) is 91.9 cm³/mol. The number of benzene rings is 1. The van der Waals surface area contributed by atoms with Gasteiger partial charge in [-0.25, -0.2) is 9.97 Å². The lowest BCUT2D eigenvalue weighted by Crippen LogP contribution is -2.06. The van der Waals surface area contributed by atoms with Gasteiger partial charge in [0, 0.05) is 31.5 Å². The molecule has 0 saturated heterocycles. The highest BCUT2D eigenvalue weighted by molar-refractivity contribution is 6.06. The average Bonchev–Trinajstić information content (AvgIpc) is 2.92. The van der Waals surface area contributed by atoms with Crippen molar-refractivity contribution in [3.8, 4) is 5.75 Å². The van der Waals surface area contributed by atoms with Crippen LogP contribution in [0.25, 0.3) is 21.9 Å². The maximum atomic E-state index is 6.16. The molecule has 2 aromatic heterocycles. The highest BCUT2D eigenvalue weighted by Gasteiger charge is 2.17. The number of aromatic nitrogens is 3. The van der Waals surface area contributed by atoms with Crippen LogP contribution in [0, 0.1) is 0 Å².